The van der Waals surface area contributed by atoms with Crippen LogP contribution < -0.4 is 14.2 Å². The van der Waals surface area contributed by atoms with Gasteiger partial charge in [-0.1, -0.05) is 94.1 Å². The number of carbonyl (C=O) groups is 4. The molecule has 0 bridgehead atoms. The van der Waals surface area contributed by atoms with Gasteiger partial charge >= 0.3 is 23.9 Å². The monoisotopic (exact) mass is 1670 g/mol. The van der Waals surface area contributed by atoms with Gasteiger partial charge in [-0.15, -0.1) is 23.6 Å². The molecule has 1 radical (unpaired) electrons. The van der Waals surface area contributed by atoms with Crippen molar-refractivity contribution in [2.75, 3.05) is 41.2 Å². The minimum absolute atomic E-state index is 0. The van der Waals surface area contributed by atoms with Crippen molar-refractivity contribution in [1.82, 2.24) is 34.9 Å². The van der Waals surface area contributed by atoms with Gasteiger partial charge in [-0.25, -0.2) is 19.2 Å². The van der Waals surface area contributed by atoms with Gasteiger partial charge in [0.25, 0.3) is 0 Å². The first-order valence-corrected chi connectivity index (χ1v) is 37.5. The molecule has 17 rings (SSSR count). The maximum absolute atomic E-state index is 13.1. The van der Waals surface area contributed by atoms with E-state index in [9.17, 15) is 34.5 Å². The van der Waals surface area contributed by atoms with Crippen LogP contribution in [0.4, 0.5) is 4.70 Å². The molecule has 0 saturated heterocycles. The number of aliphatic hydroxyl groups is 2. The smallest absolute Gasteiger partial charge is 0.339 e. The summed E-state index contributed by atoms with van der Waals surface area (Å²) >= 11 is 0. The maximum atomic E-state index is 13.1. The Bertz CT molecular complexity index is 6140. The topological polar surface area (TPSA) is 293 Å². The van der Waals surface area contributed by atoms with Gasteiger partial charge in [0, 0.05) is 170 Å². The van der Waals surface area contributed by atoms with Crippen LogP contribution in [0.1, 0.15) is 143 Å². The summed E-state index contributed by atoms with van der Waals surface area (Å²) in [5.41, 5.74) is 17.4. The molecule has 4 atom stereocenters. The average Bonchev–Trinajstić information content (AvgIpc) is 0.743. The van der Waals surface area contributed by atoms with Crippen molar-refractivity contribution in [2.24, 2.45) is 0 Å². The Morgan fingerprint density at radius 1 is 0.424 bits per heavy atom. The second kappa shape index (κ2) is 37.0. The summed E-state index contributed by atoms with van der Waals surface area (Å²) < 4.78 is 44.6. The average molecular weight is 1670 g/mol. The van der Waals surface area contributed by atoms with E-state index in [0.717, 1.165) is 146 Å². The fourth-order valence-corrected chi connectivity index (χ4v) is 15.4. The van der Waals surface area contributed by atoms with Crippen molar-refractivity contribution in [3.63, 3.8) is 0 Å². The van der Waals surface area contributed by atoms with Crippen molar-refractivity contribution in [3.05, 3.63) is 238 Å². The number of aliphatic carboxylic acids is 1. The van der Waals surface area contributed by atoms with Crippen LogP contribution in [-0.2, 0) is 94.8 Å². The molecule has 10 heterocycles. The van der Waals surface area contributed by atoms with Gasteiger partial charge in [-0.2, -0.15) is 0 Å². The number of methoxy groups -OCH3 is 3. The minimum Gasteiger partial charge on any atom is -0.493 e. The van der Waals surface area contributed by atoms with Crippen molar-refractivity contribution >= 4 is 100 Å². The Hall–Kier alpha value is -11.4. The number of carboxylic acid groups (broad SMARTS) is 1. The summed E-state index contributed by atoms with van der Waals surface area (Å²) in [6, 6.07) is 51.7. The van der Waals surface area contributed by atoms with Crippen LogP contribution in [0.2, 0.25) is 0 Å². The Morgan fingerprint density at radius 2 is 0.754 bits per heavy atom. The third-order valence-corrected chi connectivity index (χ3v) is 20.2. The summed E-state index contributed by atoms with van der Waals surface area (Å²) in [4.78, 5) is 81.8. The number of hydrogen-bond acceptors (Lipinski definition) is 21. The zero-order chi connectivity index (χ0) is 80.6. The Labute approximate surface area is 708 Å². The van der Waals surface area contributed by atoms with E-state index < -0.39 is 59.5 Å². The number of halogens is 1. The third kappa shape index (κ3) is 17.7. The summed E-state index contributed by atoms with van der Waals surface area (Å²) in [5.74, 6) is -0.508. The van der Waals surface area contributed by atoms with Crippen molar-refractivity contribution in [3.8, 4) is 50.6 Å². The number of carboxylic acids is 1. The molecule has 14 aromatic rings. The fraction of sp³-hybridized carbons (Fsp3) is 0.287. The van der Waals surface area contributed by atoms with E-state index in [1.54, 1.807) is 20.0 Å². The number of aliphatic hydroxyl groups excluding tert-OH is 2. The molecule has 0 spiro atoms. The van der Waals surface area contributed by atoms with E-state index in [1.807, 2.05) is 213 Å². The molecule has 0 aliphatic carbocycles. The minimum atomic E-state index is -1.45. The van der Waals surface area contributed by atoms with Gasteiger partial charge in [0.2, 0.25) is 0 Å². The molecule has 3 N–H and O–H groups in total. The number of aryl methyl sites for hydroxylation is 4. The second-order valence-corrected chi connectivity index (χ2v) is 29.9. The molecule has 7 aromatic heterocycles. The van der Waals surface area contributed by atoms with E-state index in [0.29, 0.717) is 64.9 Å². The first-order valence-electron chi connectivity index (χ1n) is 37.5. The molecule has 3 aliphatic heterocycles. The van der Waals surface area contributed by atoms with E-state index in [4.69, 9.17) is 53.1 Å². The summed E-state index contributed by atoms with van der Waals surface area (Å²) in [6.45, 7) is 20.5. The van der Waals surface area contributed by atoms with Crippen LogP contribution >= 0.6 is 0 Å². The van der Waals surface area contributed by atoms with Crippen LogP contribution in [0.15, 0.2) is 170 Å². The molecule has 7 aromatic carbocycles. The number of rotatable bonds is 13. The van der Waals surface area contributed by atoms with Gasteiger partial charge in [-0.3, -0.25) is 34.6 Å². The molecule has 22 nitrogen and oxygen atoms in total. The molecule has 24 heteroatoms. The molecular formula is C94H95FN7O15Y-. The number of hydrogen-bond donors (Lipinski definition) is 3. The summed E-state index contributed by atoms with van der Waals surface area (Å²) in [5, 5.41) is 37.2. The molecular weight excluding hydrogens is 1570 g/mol. The summed E-state index contributed by atoms with van der Waals surface area (Å²) in [6.07, 6.45) is 2.98. The van der Waals surface area contributed by atoms with Crippen LogP contribution in [0.25, 0.3) is 110 Å². The molecule has 3 aliphatic rings. The Kier molecular flexibility index (Phi) is 27.9. The largest absolute Gasteiger partial charge is 0.493 e. The number of fused-ring (bicyclic) bond motifs is 4. The van der Waals surface area contributed by atoms with Crippen LogP contribution in [0.3, 0.4) is 0 Å². The molecule has 118 heavy (non-hydrogen) atoms. The quantitative estimate of drug-likeness (QED) is 0.0549. The Balaban J connectivity index is 0.000000168. The van der Waals surface area contributed by atoms with E-state index in [2.05, 4.69) is 31.8 Å². The maximum Gasteiger partial charge on any atom is 0.339 e. The molecule has 0 amide bonds. The van der Waals surface area contributed by atoms with Gasteiger partial charge in [0.05, 0.1) is 85.5 Å². The van der Waals surface area contributed by atoms with E-state index in [-0.39, 0.29) is 52.3 Å². The standard InChI is InChI=1S/C28H28N2O4.C27H26N2O4.C24H20N2O4.C13H12NO3.2CH4.FH.Y/c1-16-22(26(27(31)32-5)34-28(2,3)4)24(18-8-6-7-9-20(18)30-16)19-10-11-21-23-17(13-15-33-21)12-14-29-25(19)23;1-15-21(25(26(30)31)33-27(2,3)4)23(17-7-5-6-8-19(17)29-15)18-9-10-20-22-16(12-14-32-20)11-13-28-24(18)22;1-13-19(23(27)24(28)29-2)21(15-5-3-4-6-17(15)26-13)16-7-8-18-20-14(10-12-30-18)9-11-25-22(16)20;1-8-10(12(15)13(16)17-2)7-9-5-3-4-6-11(9)14-8;;;;/h6-12,14,26H,13,15H2,1-5H3;5-11,13,25H,12,14H2,1-4H3,(H,30,31);3-9,11,23,27H,10,12H2,1-2H3;3-6,12,15H,1-2H3;2*1H4;1H;/q;;;-1;;;;/t26-;25-;23-;12-;;;;/m0000..../s1. The van der Waals surface area contributed by atoms with E-state index >= 15 is 0 Å². The number of para-hydroxylation sites is 4. The molecule has 607 valence electrons. The fourth-order valence-electron chi connectivity index (χ4n) is 15.4. The first kappa shape index (κ1) is 88.9. The zero-order valence-electron chi connectivity index (χ0n) is 66.6. The normalized spacial score (nSPS) is 13.4. The number of carbonyl (C=O) groups excluding carboxylic acids is 3. The van der Waals surface area contributed by atoms with Gasteiger partial charge < -0.3 is 58.2 Å². The number of aromatic nitrogens is 7. The van der Waals surface area contributed by atoms with Crippen molar-refractivity contribution in [1.29, 1.82) is 0 Å². The zero-order valence-corrected chi connectivity index (χ0v) is 69.4. The van der Waals surface area contributed by atoms with Gasteiger partial charge in [-0.05, 0) is 163 Å². The number of benzene rings is 7. The molecule has 0 unspecified atom stereocenters. The summed E-state index contributed by atoms with van der Waals surface area (Å²) in [7, 11) is 3.87. The van der Waals surface area contributed by atoms with Crippen molar-refractivity contribution in [2.45, 2.75) is 139 Å². The predicted octanol–water partition coefficient (Wildman–Crippen LogP) is 18.2. The van der Waals surface area contributed by atoms with Crippen LogP contribution in [-0.4, -0.2) is 126 Å². The number of pyridine rings is 7. The SMILES string of the molecule is C.C.COC(=O)[C@@H](O)c1[c-]c2ccccc2nc1C.COC(=O)[C@@H](O)c1c(C)nc2ccccc2c1-c1ccc2c3c(ccnc13)CCO2.COC(=O)[C@@H](OC(C)(C)C)c1c(C)nc2ccccc2c1-c1ccc2c3c(ccnc13)CCO2.Cc1nc2ccccc2c(-c2ccc3c4c(ccnc24)CCO3)c1[C@H](OC(C)(C)C)C(=O)O.F.[Y]. The van der Waals surface area contributed by atoms with Gasteiger partial charge in [0.1, 0.15) is 17.2 Å². The van der Waals surface area contributed by atoms with E-state index in [1.165, 1.54) is 38.0 Å². The van der Waals surface area contributed by atoms with Crippen molar-refractivity contribution < 1.29 is 110 Å². The number of nitrogens with zero attached hydrogens (tertiary/aromatic N) is 7. The van der Waals surface area contributed by atoms with Crippen LogP contribution in [0, 0.1) is 33.8 Å². The van der Waals surface area contributed by atoms with Crippen LogP contribution in [0.5, 0.6) is 17.2 Å². The number of ether oxygens (including phenoxy) is 8. The first-order chi connectivity index (χ1) is 54.8. The molecule has 0 fully saturated rings. The Morgan fingerprint density at radius 3 is 1.14 bits per heavy atom. The second-order valence-electron chi connectivity index (χ2n) is 29.9. The van der Waals surface area contributed by atoms with Gasteiger partial charge in [0.15, 0.2) is 24.4 Å². The number of esters is 3. The third-order valence-electron chi connectivity index (χ3n) is 20.2. The predicted molar refractivity (Wildman–Crippen MR) is 451 cm³/mol. The molecule has 0 saturated carbocycles.